The van der Waals surface area contributed by atoms with Crippen molar-refractivity contribution in [2.45, 2.75) is 38.2 Å². The molecule has 0 spiro atoms. The van der Waals surface area contributed by atoms with Gasteiger partial charge in [-0.2, -0.15) is 13.2 Å². The van der Waals surface area contributed by atoms with Crippen molar-refractivity contribution >= 4 is 6.03 Å². The summed E-state index contributed by atoms with van der Waals surface area (Å²) in [6, 6.07) is 4.26. The number of hydrogen-bond acceptors (Lipinski definition) is 3. The molecule has 0 aromatic heterocycles. The monoisotopic (exact) mass is 331 g/mol. The van der Waals surface area contributed by atoms with Crippen molar-refractivity contribution in [1.82, 2.24) is 10.2 Å². The number of alkyl halides is 3. The van der Waals surface area contributed by atoms with Crippen molar-refractivity contribution in [3.63, 3.8) is 0 Å². The van der Waals surface area contributed by atoms with E-state index in [-0.39, 0.29) is 13.1 Å². The quantitative estimate of drug-likeness (QED) is 0.873. The van der Waals surface area contributed by atoms with Gasteiger partial charge >= 0.3 is 12.2 Å². The van der Waals surface area contributed by atoms with Crippen molar-refractivity contribution in [2.24, 2.45) is 5.73 Å². The first-order valence-corrected chi connectivity index (χ1v) is 7.21. The fourth-order valence-electron chi connectivity index (χ4n) is 2.44. The second-order valence-electron chi connectivity index (χ2n) is 6.10. The molecule has 5 nitrogen and oxygen atoms in total. The Bertz CT molecular complexity index is 575. The average molecular weight is 331 g/mol. The molecule has 1 aliphatic heterocycles. The molecule has 0 bridgehead atoms. The lowest BCUT2D eigenvalue weighted by Gasteiger charge is -2.31. The molecule has 3 N–H and O–H groups in total. The molecule has 1 heterocycles. The number of ether oxygens (including phenoxy) is 1. The minimum atomic E-state index is -4.58. The highest BCUT2D eigenvalue weighted by molar-refractivity contribution is 5.75. The van der Waals surface area contributed by atoms with Crippen molar-refractivity contribution in [3.05, 3.63) is 29.8 Å². The standard InChI is InChI=1S/C15H20F3N3O2/c1-14(2)9-21(8-10-5-3-4-6-11(10)23-14)13(22)20-12(7-19)15(16,17)18/h3-6,12H,7-9,19H2,1-2H3,(H,20,22). The largest absolute Gasteiger partial charge is 0.486 e. The van der Waals surface area contributed by atoms with E-state index in [2.05, 4.69) is 0 Å². The molecule has 0 aliphatic carbocycles. The first-order valence-electron chi connectivity index (χ1n) is 7.21. The number of nitrogens with two attached hydrogens (primary N) is 1. The number of para-hydroxylation sites is 1. The van der Waals surface area contributed by atoms with E-state index in [1.807, 2.05) is 5.32 Å². The van der Waals surface area contributed by atoms with Crippen molar-refractivity contribution in [1.29, 1.82) is 0 Å². The number of rotatable bonds is 2. The molecule has 0 saturated heterocycles. The number of nitrogens with zero attached hydrogens (tertiary/aromatic N) is 1. The van der Waals surface area contributed by atoms with E-state index < -0.39 is 30.4 Å². The van der Waals surface area contributed by atoms with Crippen molar-refractivity contribution < 1.29 is 22.7 Å². The number of carbonyl (C=O) groups excluding carboxylic acids is 1. The average Bonchev–Trinajstić information content (AvgIpc) is 2.57. The van der Waals surface area contributed by atoms with Crippen LogP contribution in [0.1, 0.15) is 19.4 Å². The molecule has 1 aliphatic rings. The molecule has 1 atom stereocenters. The number of carbonyl (C=O) groups is 1. The van der Waals surface area contributed by atoms with Crippen LogP contribution in [0, 0.1) is 0 Å². The Morgan fingerprint density at radius 3 is 2.70 bits per heavy atom. The van der Waals surface area contributed by atoms with Gasteiger partial charge in [0, 0.05) is 12.1 Å². The van der Waals surface area contributed by atoms with Gasteiger partial charge in [-0.1, -0.05) is 18.2 Å². The predicted octanol–water partition coefficient (Wildman–Crippen LogP) is 2.26. The smallest absolute Gasteiger partial charge is 0.409 e. The van der Waals surface area contributed by atoms with Gasteiger partial charge in [0.15, 0.2) is 0 Å². The minimum absolute atomic E-state index is 0.155. The Labute approximate surface area is 132 Å². The number of halogens is 3. The first kappa shape index (κ1) is 17.4. The summed E-state index contributed by atoms with van der Waals surface area (Å²) in [5, 5.41) is 1.95. The number of benzene rings is 1. The van der Waals surface area contributed by atoms with E-state index in [1.165, 1.54) is 4.90 Å². The summed E-state index contributed by atoms with van der Waals surface area (Å²) >= 11 is 0. The molecule has 0 radical (unpaired) electrons. The molecule has 0 saturated carbocycles. The van der Waals surface area contributed by atoms with Crippen LogP contribution in [0.5, 0.6) is 5.75 Å². The molecule has 8 heteroatoms. The van der Waals surface area contributed by atoms with Crippen LogP contribution in [0.2, 0.25) is 0 Å². The fourth-order valence-corrected chi connectivity index (χ4v) is 2.44. The van der Waals surface area contributed by atoms with Crippen molar-refractivity contribution in [3.8, 4) is 5.75 Å². The maximum absolute atomic E-state index is 12.8. The van der Waals surface area contributed by atoms with Crippen LogP contribution in [0.25, 0.3) is 0 Å². The van der Waals surface area contributed by atoms with Crippen LogP contribution in [-0.4, -0.2) is 41.8 Å². The Morgan fingerprint density at radius 1 is 1.43 bits per heavy atom. The van der Waals surface area contributed by atoms with Gasteiger partial charge in [0.2, 0.25) is 0 Å². The van der Waals surface area contributed by atoms with Crippen LogP contribution in [0.4, 0.5) is 18.0 Å². The summed E-state index contributed by atoms with van der Waals surface area (Å²) in [7, 11) is 0. The summed E-state index contributed by atoms with van der Waals surface area (Å²) in [5.41, 5.74) is 5.14. The summed E-state index contributed by atoms with van der Waals surface area (Å²) < 4.78 is 44.2. The fraction of sp³-hybridized carbons (Fsp3) is 0.533. The van der Waals surface area contributed by atoms with E-state index in [1.54, 1.807) is 38.1 Å². The molecule has 1 aromatic carbocycles. The Morgan fingerprint density at radius 2 is 2.09 bits per heavy atom. The van der Waals surface area contributed by atoms with E-state index in [9.17, 15) is 18.0 Å². The van der Waals surface area contributed by atoms with Crippen LogP contribution in [0.15, 0.2) is 24.3 Å². The van der Waals surface area contributed by atoms with E-state index in [4.69, 9.17) is 10.5 Å². The lowest BCUT2D eigenvalue weighted by atomic mass is 10.1. The summed E-state index contributed by atoms with van der Waals surface area (Å²) in [5.74, 6) is 0.624. The lowest BCUT2D eigenvalue weighted by Crippen LogP contribution is -2.55. The van der Waals surface area contributed by atoms with Gasteiger partial charge in [-0.15, -0.1) is 0 Å². The van der Waals surface area contributed by atoms with Crippen LogP contribution in [0.3, 0.4) is 0 Å². The van der Waals surface area contributed by atoms with E-state index in [0.717, 1.165) is 5.56 Å². The molecule has 128 valence electrons. The zero-order valence-corrected chi connectivity index (χ0v) is 13.0. The molecular formula is C15H20F3N3O2. The van der Waals surface area contributed by atoms with E-state index in [0.29, 0.717) is 5.75 Å². The molecule has 1 aromatic rings. The second kappa shape index (κ2) is 6.27. The predicted molar refractivity (Wildman–Crippen MR) is 79.0 cm³/mol. The molecule has 1 unspecified atom stereocenters. The maximum Gasteiger partial charge on any atom is 0.409 e. The van der Waals surface area contributed by atoms with Crippen LogP contribution < -0.4 is 15.8 Å². The normalized spacial score (nSPS) is 18.4. The SMILES string of the molecule is CC1(C)CN(C(=O)NC(CN)C(F)(F)F)Cc2ccccc2O1. The molecule has 2 amide bonds. The Hall–Kier alpha value is -1.96. The summed E-state index contributed by atoms with van der Waals surface area (Å²) in [6.45, 7) is 3.17. The highest BCUT2D eigenvalue weighted by atomic mass is 19.4. The van der Waals surface area contributed by atoms with Crippen LogP contribution >= 0.6 is 0 Å². The van der Waals surface area contributed by atoms with Gasteiger partial charge in [-0.05, 0) is 19.9 Å². The Kier molecular flexibility index (Phi) is 4.74. The highest BCUT2D eigenvalue weighted by Crippen LogP contribution is 2.29. The molecule has 23 heavy (non-hydrogen) atoms. The van der Waals surface area contributed by atoms with Gasteiger partial charge in [0.1, 0.15) is 17.4 Å². The third-order valence-corrected chi connectivity index (χ3v) is 3.51. The lowest BCUT2D eigenvalue weighted by molar-refractivity contribution is -0.151. The zero-order valence-electron chi connectivity index (χ0n) is 13.0. The maximum atomic E-state index is 12.8. The number of fused-ring (bicyclic) bond motifs is 1. The van der Waals surface area contributed by atoms with Crippen LogP contribution in [-0.2, 0) is 6.54 Å². The number of amides is 2. The minimum Gasteiger partial charge on any atom is -0.486 e. The Balaban J connectivity index is 2.20. The number of urea groups is 1. The first-order chi connectivity index (χ1) is 10.6. The molecule has 2 rings (SSSR count). The van der Waals surface area contributed by atoms with Gasteiger partial charge < -0.3 is 20.7 Å². The van der Waals surface area contributed by atoms with E-state index >= 15 is 0 Å². The highest BCUT2D eigenvalue weighted by Gasteiger charge is 2.41. The molecule has 0 fully saturated rings. The second-order valence-corrected chi connectivity index (χ2v) is 6.10. The van der Waals surface area contributed by atoms with Gasteiger partial charge in [0.05, 0.1) is 13.1 Å². The third kappa shape index (κ3) is 4.28. The van der Waals surface area contributed by atoms with Gasteiger partial charge in [0.25, 0.3) is 0 Å². The summed E-state index contributed by atoms with van der Waals surface area (Å²) in [6.07, 6.45) is -4.58. The van der Waals surface area contributed by atoms with Gasteiger partial charge in [-0.3, -0.25) is 0 Å². The molecular weight excluding hydrogens is 311 g/mol. The zero-order chi connectivity index (χ0) is 17.3. The number of nitrogens with one attached hydrogen (secondary N) is 1. The number of hydrogen-bond donors (Lipinski definition) is 2. The van der Waals surface area contributed by atoms with Gasteiger partial charge in [-0.25, -0.2) is 4.79 Å². The summed E-state index contributed by atoms with van der Waals surface area (Å²) in [4.78, 5) is 13.6. The topological polar surface area (TPSA) is 67.6 Å². The third-order valence-electron chi connectivity index (χ3n) is 3.51. The van der Waals surface area contributed by atoms with Crippen molar-refractivity contribution in [2.75, 3.05) is 13.1 Å².